The molecule has 0 fully saturated rings. The molecule has 2 aromatic rings. The summed E-state index contributed by atoms with van der Waals surface area (Å²) in [7, 11) is 0. The van der Waals surface area contributed by atoms with Crippen molar-refractivity contribution >= 4 is 22.8 Å². The van der Waals surface area contributed by atoms with E-state index in [1.165, 1.54) is 25.1 Å². The third kappa shape index (κ3) is 2.89. The summed E-state index contributed by atoms with van der Waals surface area (Å²) in [6.07, 6.45) is 0. The summed E-state index contributed by atoms with van der Waals surface area (Å²) in [5.74, 6) is -2.57. The molecule has 112 valence electrons. The minimum Gasteiger partial charge on any atom is -0.481 e. The monoisotopic (exact) mass is 293 g/mol. The molecule has 0 saturated carbocycles. The van der Waals surface area contributed by atoms with Gasteiger partial charge in [0.25, 0.3) is 5.91 Å². The second-order valence-corrected chi connectivity index (χ2v) is 5.09. The van der Waals surface area contributed by atoms with Crippen LogP contribution in [0.25, 0.3) is 11.0 Å². The van der Waals surface area contributed by atoms with Crippen LogP contribution in [0.5, 0.6) is 0 Å². The number of halogens is 1. The standard InChI is InChI=1S/C15H16FNO4/c1-7(15(19)20)9(3)17-14(18)13-8(2)11-6-10(16)4-5-12(11)21-13/h4-7,9H,1-3H3,(H,17,18)(H,19,20). The Morgan fingerprint density at radius 2 is 2.00 bits per heavy atom. The average molecular weight is 293 g/mol. The van der Waals surface area contributed by atoms with Gasteiger partial charge < -0.3 is 14.8 Å². The molecule has 0 aliphatic heterocycles. The highest BCUT2D eigenvalue weighted by atomic mass is 19.1. The van der Waals surface area contributed by atoms with Crippen LogP contribution in [0.3, 0.4) is 0 Å². The van der Waals surface area contributed by atoms with Crippen LogP contribution in [0.15, 0.2) is 22.6 Å². The highest BCUT2D eigenvalue weighted by Gasteiger charge is 2.24. The fourth-order valence-corrected chi connectivity index (χ4v) is 2.02. The number of carbonyl (C=O) groups excluding carboxylic acids is 1. The normalized spacial score (nSPS) is 13.9. The Bertz CT molecular complexity index is 707. The first kappa shape index (κ1) is 15.0. The quantitative estimate of drug-likeness (QED) is 0.908. The minimum atomic E-state index is -0.994. The van der Waals surface area contributed by atoms with Gasteiger partial charge in [-0.05, 0) is 39.0 Å². The first-order valence-corrected chi connectivity index (χ1v) is 6.53. The first-order chi connectivity index (χ1) is 9.81. The summed E-state index contributed by atoms with van der Waals surface area (Å²) in [6.45, 7) is 4.77. The molecule has 6 heteroatoms. The van der Waals surface area contributed by atoms with Crippen LogP contribution in [0.4, 0.5) is 4.39 Å². The van der Waals surface area contributed by atoms with E-state index < -0.39 is 29.7 Å². The van der Waals surface area contributed by atoms with Crippen molar-refractivity contribution in [3.05, 3.63) is 35.3 Å². The maximum absolute atomic E-state index is 13.2. The average Bonchev–Trinajstić information content (AvgIpc) is 2.75. The van der Waals surface area contributed by atoms with E-state index in [2.05, 4.69) is 5.32 Å². The molecule has 0 aliphatic rings. The summed E-state index contributed by atoms with van der Waals surface area (Å²) in [5.41, 5.74) is 0.940. The molecule has 0 aliphatic carbocycles. The molecule has 2 unspecified atom stereocenters. The van der Waals surface area contributed by atoms with Crippen LogP contribution in [-0.4, -0.2) is 23.0 Å². The zero-order valence-corrected chi connectivity index (χ0v) is 11.9. The van der Waals surface area contributed by atoms with Gasteiger partial charge in [0, 0.05) is 17.0 Å². The zero-order chi connectivity index (χ0) is 15.7. The van der Waals surface area contributed by atoms with Gasteiger partial charge in [0.1, 0.15) is 11.4 Å². The molecule has 0 saturated heterocycles. The van der Waals surface area contributed by atoms with Crippen LogP contribution in [0, 0.1) is 18.7 Å². The highest BCUT2D eigenvalue weighted by Crippen LogP contribution is 2.26. The van der Waals surface area contributed by atoms with Gasteiger partial charge in [-0.3, -0.25) is 9.59 Å². The van der Waals surface area contributed by atoms with Gasteiger partial charge in [0.05, 0.1) is 5.92 Å². The number of carboxylic acids is 1. The number of rotatable bonds is 4. The van der Waals surface area contributed by atoms with Crippen molar-refractivity contribution in [2.75, 3.05) is 0 Å². The van der Waals surface area contributed by atoms with Crippen LogP contribution in [-0.2, 0) is 4.79 Å². The summed E-state index contributed by atoms with van der Waals surface area (Å²) in [6, 6.07) is 3.45. The SMILES string of the molecule is Cc1c(C(=O)NC(C)C(C)C(=O)O)oc2ccc(F)cc12. The van der Waals surface area contributed by atoms with Gasteiger partial charge in [0.2, 0.25) is 0 Å². The summed E-state index contributed by atoms with van der Waals surface area (Å²) >= 11 is 0. The summed E-state index contributed by atoms with van der Waals surface area (Å²) < 4.78 is 18.7. The van der Waals surface area contributed by atoms with E-state index in [0.29, 0.717) is 16.5 Å². The lowest BCUT2D eigenvalue weighted by Crippen LogP contribution is -2.40. The Hall–Kier alpha value is -2.37. The molecular weight excluding hydrogens is 277 g/mol. The van der Waals surface area contributed by atoms with Crippen molar-refractivity contribution in [2.45, 2.75) is 26.8 Å². The van der Waals surface area contributed by atoms with Crippen molar-refractivity contribution in [3.63, 3.8) is 0 Å². The van der Waals surface area contributed by atoms with Gasteiger partial charge in [-0.25, -0.2) is 4.39 Å². The van der Waals surface area contributed by atoms with E-state index in [4.69, 9.17) is 9.52 Å². The maximum atomic E-state index is 13.2. The van der Waals surface area contributed by atoms with E-state index in [9.17, 15) is 14.0 Å². The van der Waals surface area contributed by atoms with Crippen molar-refractivity contribution in [1.29, 1.82) is 0 Å². The van der Waals surface area contributed by atoms with E-state index in [0.717, 1.165) is 0 Å². The highest BCUT2D eigenvalue weighted by molar-refractivity contribution is 5.99. The summed E-state index contributed by atoms with van der Waals surface area (Å²) in [4.78, 5) is 23.1. The lowest BCUT2D eigenvalue weighted by molar-refractivity contribution is -0.141. The van der Waals surface area contributed by atoms with Crippen LogP contribution < -0.4 is 5.32 Å². The molecule has 1 amide bonds. The third-order valence-electron chi connectivity index (χ3n) is 3.60. The third-order valence-corrected chi connectivity index (χ3v) is 3.60. The molecule has 0 spiro atoms. The number of carbonyl (C=O) groups is 2. The maximum Gasteiger partial charge on any atom is 0.308 e. The predicted octanol–water partition coefficient (Wildman–Crippen LogP) is 2.72. The topological polar surface area (TPSA) is 79.5 Å². The van der Waals surface area contributed by atoms with Gasteiger partial charge in [0.15, 0.2) is 5.76 Å². The van der Waals surface area contributed by atoms with Crippen molar-refractivity contribution in [2.24, 2.45) is 5.92 Å². The molecule has 1 aromatic carbocycles. The molecule has 2 N–H and O–H groups in total. The van der Waals surface area contributed by atoms with E-state index in [1.807, 2.05) is 0 Å². The van der Waals surface area contributed by atoms with Gasteiger partial charge in [-0.1, -0.05) is 0 Å². The minimum absolute atomic E-state index is 0.0695. The molecule has 5 nitrogen and oxygen atoms in total. The molecule has 2 atom stereocenters. The number of benzene rings is 1. The van der Waals surface area contributed by atoms with Crippen molar-refractivity contribution < 1.29 is 23.5 Å². The molecule has 0 bridgehead atoms. The van der Waals surface area contributed by atoms with Gasteiger partial charge in [-0.2, -0.15) is 0 Å². The largest absolute Gasteiger partial charge is 0.481 e. The number of fused-ring (bicyclic) bond motifs is 1. The van der Waals surface area contributed by atoms with E-state index in [-0.39, 0.29) is 5.76 Å². The number of nitrogens with one attached hydrogen (secondary N) is 1. The molecule has 1 aromatic heterocycles. The van der Waals surface area contributed by atoms with Gasteiger partial charge >= 0.3 is 5.97 Å². The summed E-state index contributed by atoms with van der Waals surface area (Å²) in [5, 5.41) is 12.0. The van der Waals surface area contributed by atoms with Gasteiger partial charge in [-0.15, -0.1) is 0 Å². The second-order valence-electron chi connectivity index (χ2n) is 5.09. The fourth-order valence-electron chi connectivity index (χ4n) is 2.02. The Morgan fingerprint density at radius 3 is 2.62 bits per heavy atom. The number of aliphatic carboxylic acids is 1. The van der Waals surface area contributed by atoms with E-state index in [1.54, 1.807) is 13.8 Å². The number of amides is 1. The Kier molecular flexibility index (Phi) is 3.97. The Labute approximate surface area is 120 Å². The second kappa shape index (κ2) is 5.55. The predicted molar refractivity (Wildman–Crippen MR) is 74.6 cm³/mol. The van der Waals surface area contributed by atoms with Crippen molar-refractivity contribution in [1.82, 2.24) is 5.32 Å². The Morgan fingerprint density at radius 1 is 1.33 bits per heavy atom. The lowest BCUT2D eigenvalue weighted by Gasteiger charge is -2.17. The Balaban J connectivity index is 2.28. The fraction of sp³-hybridized carbons (Fsp3) is 0.333. The lowest BCUT2D eigenvalue weighted by atomic mass is 10.0. The molecular formula is C15H16FNO4. The zero-order valence-electron chi connectivity index (χ0n) is 11.9. The molecule has 1 heterocycles. The molecule has 0 radical (unpaired) electrons. The van der Waals surface area contributed by atoms with Crippen LogP contribution >= 0.6 is 0 Å². The number of aryl methyl sites for hydroxylation is 1. The van der Waals surface area contributed by atoms with Crippen molar-refractivity contribution in [3.8, 4) is 0 Å². The molecule has 2 rings (SSSR count). The molecule has 21 heavy (non-hydrogen) atoms. The number of hydrogen-bond donors (Lipinski definition) is 2. The van der Waals surface area contributed by atoms with E-state index >= 15 is 0 Å². The van der Waals surface area contributed by atoms with Crippen LogP contribution in [0.2, 0.25) is 0 Å². The number of hydrogen-bond acceptors (Lipinski definition) is 3. The number of carboxylic acid groups (broad SMARTS) is 1. The first-order valence-electron chi connectivity index (χ1n) is 6.53. The smallest absolute Gasteiger partial charge is 0.308 e. The van der Waals surface area contributed by atoms with Crippen LogP contribution in [0.1, 0.15) is 30.0 Å². The number of furan rings is 1.